The lowest BCUT2D eigenvalue weighted by molar-refractivity contribution is 0.263. The fourth-order valence-corrected chi connectivity index (χ4v) is 1.36. The molecule has 0 aliphatic rings. The Kier molecular flexibility index (Phi) is 3.46. The Morgan fingerprint density at radius 1 is 1.50 bits per heavy atom. The molecule has 0 saturated heterocycles. The number of nitrogens with zero attached hydrogens (tertiary/aromatic N) is 3. The Hall–Kier alpha value is -1.10. The van der Waals surface area contributed by atoms with E-state index in [2.05, 4.69) is 5.10 Å². The first-order chi connectivity index (χ1) is 6.61. The van der Waals surface area contributed by atoms with E-state index in [0.717, 1.165) is 6.42 Å². The molecule has 0 aliphatic carbocycles. The van der Waals surface area contributed by atoms with Crippen LogP contribution >= 0.6 is 0 Å². The molecule has 0 bridgehead atoms. The first-order valence-electron chi connectivity index (χ1n) is 4.90. The number of rotatable bonds is 4. The van der Waals surface area contributed by atoms with Gasteiger partial charge in [-0.2, -0.15) is 5.10 Å². The van der Waals surface area contributed by atoms with Gasteiger partial charge >= 0.3 is 5.69 Å². The van der Waals surface area contributed by atoms with E-state index in [9.17, 15) is 4.79 Å². The predicted octanol–water partition coefficient (Wildman–Crippen LogP) is 0.528. The number of hydrogen-bond acceptors (Lipinski definition) is 3. The van der Waals surface area contributed by atoms with Crippen molar-refractivity contribution in [2.24, 2.45) is 0 Å². The minimum Gasteiger partial charge on any atom is -0.388 e. The van der Waals surface area contributed by atoms with Gasteiger partial charge in [-0.3, -0.25) is 4.57 Å². The molecule has 1 rings (SSSR count). The van der Waals surface area contributed by atoms with E-state index < -0.39 is 0 Å². The van der Waals surface area contributed by atoms with Gasteiger partial charge in [0.25, 0.3) is 0 Å². The molecular weight excluding hydrogens is 182 g/mol. The summed E-state index contributed by atoms with van der Waals surface area (Å²) in [6, 6.07) is 0.0332. The van der Waals surface area contributed by atoms with Crippen molar-refractivity contribution in [3.8, 4) is 0 Å². The van der Waals surface area contributed by atoms with Gasteiger partial charge in [-0.15, -0.1) is 0 Å². The van der Waals surface area contributed by atoms with E-state index in [4.69, 9.17) is 5.11 Å². The summed E-state index contributed by atoms with van der Waals surface area (Å²) in [6.45, 7) is 6.20. The lowest BCUT2D eigenvalue weighted by Gasteiger charge is -2.01. The third kappa shape index (κ3) is 1.87. The predicted molar refractivity (Wildman–Crippen MR) is 53.1 cm³/mol. The molecule has 0 spiro atoms. The van der Waals surface area contributed by atoms with Crippen LogP contribution in [0.2, 0.25) is 0 Å². The molecule has 0 amide bonds. The fourth-order valence-electron chi connectivity index (χ4n) is 1.36. The zero-order valence-corrected chi connectivity index (χ0v) is 8.90. The zero-order valence-electron chi connectivity index (χ0n) is 8.90. The normalized spacial score (nSPS) is 11.2. The van der Waals surface area contributed by atoms with E-state index in [1.165, 1.54) is 9.25 Å². The number of aromatic nitrogens is 3. The first kappa shape index (κ1) is 11.0. The average Bonchev–Trinajstić information content (AvgIpc) is 2.45. The van der Waals surface area contributed by atoms with Crippen molar-refractivity contribution in [3.63, 3.8) is 0 Å². The van der Waals surface area contributed by atoms with Gasteiger partial charge in [-0.05, 0) is 20.3 Å². The van der Waals surface area contributed by atoms with Crippen LogP contribution in [-0.4, -0.2) is 19.5 Å². The molecule has 0 saturated carbocycles. The van der Waals surface area contributed by atoms with E-state index >= 15 is 0 Å². The molecule has 0 aliphatic heterocycles. The maximum Gasteiger partial charge on any atom is 0.346 e. The Morgan fingerprint density at radius 3 is 2.57 bits per heavy atom. The highest BCUT2D eigenvalue weighted by Crippen LogP contribution is 2.01. The summed E-state index contributed by atoms with van der Waals surface area (Å²) in [5.74, 6) is 0.450. The van der Waals surface area contributed by atoms with Crippen LogP contribution in [-0.2, 0) is 13.2 Å². The lowest BCUT2D eigenvalue weighted by Crippen LogP contribution is -2.26. The Labute approximate surface area is 83.0 Å². The standard InChI is InChI=1S/C9H17N3O2/c1-4-5-11-8(6-13)10-12(7(2)3)9(11)14/h7,13H,4-6H2,1-3H3. The molecule has 0 aromatic carbocycles. The van der Waals surface area contributed by atoms with E-state index in [1.54, 1.807) is 0 Å². The summed E-state index contributed by atoms with van der Waals surface area (Å²) in [7, 11) is 0. The number of aliphatic hydroxyl groups is 1. The van der Waals surface area contributed by atoms with Gasteiger partial charge in [0.15, 0.2) is 5.82 Å². The summed E-state index contributed by atoms with van der Waals surface area (Å²) < 4.78 is 2.93. The van der Waals surface area contributed by atoms with Crippen molar-refractivity contribution >= 4 is 0 Å². The summed E-state index contributed by atoms with van der Waals surface area (Å²) in [6.07, 6.45) is 0.858. The smallest absolute Gasteiger partial charge is 0.346 e. The SMILES string of the molecule is CCCn1c(CO)nn(C(C)C)c1=O. The minimum absolute atomic E-state index is 0.0332. The van der Waals surface area contributed by atoms with Crippen molar-refractivity contribution in [2.45, 2.75) is 46.4 Å². The van der Waals surface area contributed by atoms with Gasteiger partial charge in [-0.1, -0.05) is 6.92 Å². The topological polar surface area (TPSA) is 60.0 Å². The minimum atomic E-state index is -0.186. The van der Waals surface area contributed by atoms with Crippen LogP contribution in [0.4, 0.5) is 0 Å². The number of hydrogen-bond donors (Lipinski definition) is 1. The highest BCUT2D eigenvalue weighted by molar-refractivity contribution is 4.86. The van der Waals surface area contributed by atoms with Gasteiger partial charge < -0.3 is 5.11 Å². The fraction of sp³-hybridized carbons (Fsp3) is 0.778. The third-order valence-corrected chi connectivity index (χ3v) is 2.04. The van der Waals surface area contributed by atoms with Crippen molar-refractivity contribution in [1.82, 2.24) is 14.3 Å². The molecule has 0 fully saturated rings. The molecule has 0 unspecified atom stereocenters. The Balaban J connectivity index is 3.19. The summed E-state index contributed by atoms with van der Waals surface area (Å²) in [4.78, 5) is 11.7. The molecule has 1 aromatic rings. The van der Waals surface area contributed by atoms with E-state index in [0.29, 0.717) is 12.4 Å². The van der Waals surface area contributed by atoms with Crippen LogP contribution in [0, 0.1) is 0 Å². The van der Waals surface area contributed by atoms with Crippen LogP contribution < -0.4 is 5.69 Å². The Bertz CT molecular complexity index is 351. The second kappa shape index (κ2) is 4.41. The van der Waals surface area contributed by atoms with Crippen molar-refractivity contribution < 1.29 is 5.11 Å². The summed E-state index contributed by atoms with van der Waals surface area (Å²) >= 11 is 0. The second-order valence-electron chi connectivity index (χ2n) is 3.55. The van der Waals surface area contributed by atoms with Gasteiger partial charge in [0.1, 0.15) is 6.61 Å². The van der Waals surface area contributed by atoms with Crippen LogP contribution in [0.3, 0.4) is 0 Å². The zero-order chi connectivity index (χ0) is 10.7. The molecule has 0 radical (unpaired) electrons. The van der Waals surface area contributed by atoms with Gasteiger partial charge in [-0.25, -0.2) is 9.48 Å². The maximum atomic E-state index is 11.7. The molecule has 1 heterocycles. The molecule has 14 heavy (non-hydrogen) atoms. The molecule has 5 heteroatoms. The first-order valence-corrected chi connectivity index (χ1v) is 4.90. The number of aliphatic hydroxyl groups excluding tert-OH is 1. The van der Waals surface area contributed by atoms with Crippen LogP contribution in [0.15, 0.2) is 4.79 Å². The van der Waals surface area contributed by atoms with E-state index in [-0.39, 0.29) is 18.3 Å². The third-order valence-electron chi connectivity index (χ3n) is 2.04. The van der Waals surface area contributed by atoms with E-state index in [1.807, 2.05) is 20.8 Å². The highest BCUT2D eigenvalue weighted by Gasteiger charge is 2.13. The van der Waals surface area contributed by atoms with Crippen molar-refractivity contribution in [3.05, 3.63) is 16.3 Å². The highest BCUT2D eigenvalue weighted by atomic mass is 16.3. The van der Waals surface area contributed by atoms with Gasteiger partial charge in [0, 0.05) is 6.54 Å². The Morgan fingerprint density at radius 2 is 2.14 bits per heavy atom. The summed E-state index contributed by atoms with van der Waals surface area (Å²) in [5, 5.41) is 13.1. The van der Waals surface area contributed by atoms with Crippen LogP contribution in [0.1, 0.15) is 39.1 Å². The monoisotopic (exact) mass is 199 g/mol. The maximum absolute atomic E-state index is 11.7. The molecule has 0 atom stereocenters. The van der Waals surface area contributed by atoms with Crippen LogP contribution in [0.5, 0.6) is 0 Å². The molecule has 80 valence electrons. The average molecular weight is 199 g/mol. The lowest BCUT2D eigenvalue weighted by atomic mass is 10.4. The van der Waals surface area contributed by atoms with Crippen molar-refractivity contribution in [2.75, 3.05) is 0 Å². The van der Waals surface area contributed by atoms with Crippen LogP contribution in [0.25, 0.3) is 0 Å². The molecule has 1 N–H and O–H groups in total. The largest absolute Gasteiger partial charge is 0.388 e. The van der Waals surface area contributed by atoms with Crippen molar-refractivity contribution in [1.29, 1.82) is 0 Å². The van der Waals surface area contributed by atoms with Gasteiger partial charge in [0.05, 0.1) is 6.04 Å². The quantitative estimate of drug-likeness (QED) is 0.769. The summed E-state index contributed by atoms with van der Waals surface area (Å²) in [5.41, 5.74) is -0.133. The molecule has 1 aromatic heterocycles. The second-order valence-corrected chi connectivity index (χ2v) is 3.55. The van der Waals surface area contributed by atoms with Gasteiger partial charge in [0.2, 0.25) is 0 Å². The molecular formula is C9H17N3O2. The molecule has 5 nitrogen and oxygen atoms in total.